The molecule has 114 valence electrons. The third kappa shape index (κ3) is 1.91. The van der Waals surface area contributed by atoms with E-state index in [1.165, 1.54) is 24.1 Å². The van der Waals surface area contributed by atoms with E-state index in [-0.39, 0.29) is 11.3 Å². The lowest BCUT2D eigenvalue weighted by atomic mass is 9.64. The standard InChI is InChI=1S/C19H17F3/c20-19(21,22)17-9-4-2-7-14(17)15-12-18(10-5-11-18)16-8-3-1-6-13(15)16/h1-4,6-9,15H,5,10-12H2. The van der Waals surface area contributed by atoms with E-state index in [2.05, 4.69) is 6.07 Å². The molecule has 0 heterocycles. The molecular formula is C19H17F3. The molecule has 1 atom stereocenters. The molecule has 22 heavy (non-hydrogen) atoms. The summed E-state index contributed by atoms with van der Waals surface area (Å²) >= 11 is 0. The van der Waals surface area contributed by atoms with Crippen molar-refractivity contribution in [1.29, 1.82) is 0 Å². The van der Waals surface area contributed by atoms with Gasteiger partial charge in [0.1, 0.15) is 0 Å². The van der Waals surface area contributed by atoms with Crippen molar-refractivity contribution in [2.75, 3.05) is 0 Å². The van der Waals surface area contributed by atoms with E-state index in [0.29, 0.717) is 5.56 Å². The van der Waals surface area contributed by atoms with Crippen LogP contribution in [0.15, 0.2) is 48.5 Å². The molecule has 2 aromatic carbocycles. The third-order valence-corrected chi connectivity index (χ3v) is 5.45. The Bertz CT molecular complexity index is 711. The molecule has 0 bridgehead atoms. The van der Waals surface area contributed by atoms with E-state index in [9.17, 15) is 13.2 Å². The lowest BCUT2D eigenvalue weighted by Crippen LogP contribution is -2.31. The van der Waals surface area contributed by atoms with E-state index in [1.807, 2.05) is 18.2 Å². The molecule has 0 radical (unpaired) electrons. The predicted molar refractivity (Wildman–Crippen MR) is 79.9 cm³/mol. The first kappa shape index (κ1) is 13.9. The molecule has 4 rings (SSSR count). The van der Waals surface area contributed by atoms with Crippen LogP contribution in [0.1, 0.15) is 53.9 Å². The first-order valence-corrected chi connectivity index (χ1v) is 7.77. The summed E-state index contributed by atoms with van der Waals surface area (Å²) in [7, 11) is 0. The van der Waals surface area contributed by atoms with Crippen molar-refractivity contribution in [3.63, 3.8) is 0 Å². The lowest BCUT2D eigenvalue weighted by Gasteiger charge is -2.40. The van der Waals surface area contributed by atoms with E-state index in [4.69, 9.17) is 0 Å². The maximum Gasteiger partial charge on any atom is 0.416 e. The van der Waals surface area contributed by atoms with Crippen LogP contribution < -0.4 is 0 Å². The molecule has 2 aliphatic carbocycles. The summed E-state index contributed by atoms with van der Waals surface area (Å²) in [5.41, 5.74) is 2.46. The maximum absolute atomic E-state index is 13.4. The monoisotopic (exact) mass is 302 g/mol. The van der Waals surface area contributed by atoms with E-state index in [0.717, 1.165) is 24.8 Å². The van der Waals surface area contributed by atoms with Gasteiger partial charge in [0.15, 0.2) is 0 Å². The second kappa shape index (κ2) is 4.61. The van der Waals surface area contributed by atoms with Gasteiger partial charge >= 0.3 is 6.18 Å². The summed E-state index contributed by atoms with van der Waals surface area (Å²) in [6, 6.07) is 14.2. The van der Waals surface area contributed by atoms with E-state index in [1.54, 1.807) is 12.1 Å². The average Bonchev–Trinajstić information content (AvgIpc) is 2.82. The maximum atomic E-state index is 13.4. The van der Waals surface area contributed by atoms with Crippen LogP contribution >= 0.6 is 0 Å². The van der Waals surface area contributed by atoms with Crippen LogP contribution in [0, 0.1) is 0 Å². The van der Waals surface area contributed by atoms with Gasteiger partial charge in [0.2, 0.25) is 0 Å². The molecular weight excluding hydrogens is 285 g/mol. The summed E-state index contributed by atoms with van der Waals surface area (Å²) in [4.78, 5) is 0. The van der Waals surface area contributed by atoms with Crippen LogP contribution in [0.25, 0.3) is 0 Å². The summed E-state index contributed by atoms with van der Waals surface area (Å²) in [6.45, 7) is 0. The van der Waals surface area contributed by atoms with E-state index >= 15 is 0 Å². The lowest BCUT2D eigenvalue weighted by molar-refractivity contribution is -0.138. The van der Waals surface area contributed by atoms with Crippen molar-refractivity contribution in [3.05, 3.63) is 70.8 Å². The molecule has 2 aromatic rings. The molecule has 0 nitrogen and oxygen atoms in total. The molecule has 1 fully saturated rings. The van der Waals surface area contributed by atoms with Gasteiger partial charge in [0.25, 0.3) is 0 Å². The normalized spacial score (nSPS) is 22.4. The number of benzene rings is 2. The zero-order valence-electron chi connectivity index (χ0n) is 12.2. The van der Waals surface area contributed by atoms with E-state index < -0.39 is 11.7 Å². The smallest absolute Gasteiger partial charge is 0.166 e. The van der Waals surface area contributed by atoms with Crippen LogP contribution in [0.4, 0.5) is 13.2 Å². The van der Waals surface area contributed by atoms with Gasteiger partial charge in [-0.25, -0.2) is 0 Å². The highest BCUT2D eigenvalue weighted by molar-refractivity contribution is 5.51. The fourth-order valence-electron chi connectivity index (χ4n) is 4.31. The van der Waals surface area contributed by atoms with Crippen LogP contribution in [0.5, 0.6) is 0 Å². The van der Waals surface area contributed by atoms with Gasteiger partial charge in [-0.1, -0.05) is 48.9 Å². The minimum atomic E-state index is -4.29. The van der Waals surface area contributed by atoms with Crippen molar-refractivity contribution in [2.24, 2.45) is 0 Å². The average molecular weight is 302 g/mol. The highest BCUT2D eigenvalue weighted by Gasteiger charge is 2.49. The summed E-state index contributed by atoms with van der Waals surface area (Å²) in [6.07, 6.45) is -0.0777. The Morgan fingerprint density at radius 2 is 1.50 bits per heavy atom. The van der Waals surface area contributed by atoms with Gasteiger partial charge in [-0.15, -0.1) is 0 Å². The predicted octanol–water partition coefficient (Wildman–Crippen LogP) is 5.66. The van der Waals surface area contributed by atoms with Crippen LogP contribution in [-0.2, 0) is 11.6 Å². The zero-order valence-corrected chi connectivity index (χ0v) is 12.2. The molecule has 1 unspecified atom stereocenters. The minimum absolute atomic E-state index is 0.125. The van der Waals surface area contributed by atoms with Gasteiger partial charge in [0.05, 0.1) is 5.56 Å². The highest BCUT2D eigenvalue weighted by Crippen LogP contribution is 2.59. The first-order chi connectivity index (χ1) is 10.5. The van der Waals surface area contributed by atoms with Crippen molar-refractivity contribution < 1.29 is 13.2 Å². The summed E-state index contributed by atoms with van der Waals surface area (Å²) in [5.74, 6) is -0.130. The van der Waals surface area contributed by atoms with Gasteiger partial charge < -0.3 is 0 Å². The Morgan fingerprint density at radius 3 is 2.14 bits per heavy atom. The van der Waals surface area contributed by atoms with Crippen molar-refractivity contribution >= 4 is 0 Å². The Labute approximate surface area is 128 Å². The summed E-state index contributed by atoms with van der Waals surface area (Å²) < 4.78 is 40.1. The number of hydrogen-bond acceptors (Lipinski definition) is 0. The van der Waals surface area contributed by atoms with Gasteiger partial charge in [-0.05, 0) is 47.4 Å². The van der Waals surface area contributed by atoms with Gasteiger partial charge in [-0.3, -0.25) is 0 Å². The molecule has 1 spiro atoms. The largest absolute Gasteiger partial charge is 0.416 e. The van der Waals surface area contributed by atoms with Crippen LogP contribution in [-0.4, -0.2) is 0 Å². The number of alkyl halides is 3. The molecule has 3 heteroatoms. The number of fused-ring (bicyclic) bond motifs is 2. The Balaban J connectivity index is 1.86. The fraction of sp³-hybridized carbons (Fsp3) is 0.368. The van der Waals surface area contributed by atoms with Crippen molar-refractivity contribution in [3.8, 4) is 0 Å². The first-order valence-electron chi connectivity index (χ1n) is 7.77. The molecule has 0 aliphatic heterocycles. The topological polar surface area (TPSA) is 0 Å². The Morgan fingerprint density at radius 1 is 0.864 bits per heavy atom. The molecule has 0 aromatic heterocycles. The minimum Gasteiger partial charge on any atom is -0.166 e. The second-order valence-electron chi connectivity index (χ2n) is 6.56. The Hall–Kier alpha value is -1.77. The van der Waals surface area contributed by atoms with Crippen molar-refractivity contribution in [2.45, 2.75) is 43.2 Å². The molecule has 2 aliphatic rings. The highest BCUT2D eigenvalue weighted by atomic mass is 19.4. The number of hydrogen-bond donors (Lipinski definition) is 0. The molecule has 0 saturated heterocycles. The Kier molecular flexibility index (Phi) is 2.91. The van der Waals surface area contributed by atoms with Crippen molar-refractivity contribution in [1.82, 2.24) is 0 Å². The van der Waals surface area contributed by atoms with Gasteiger partial charge in [0, 0.05) is 5.92 Å². The number of rotatable bonds is 1. The fourth-order valence-corrected chi connectivity index (χ4v) is 4.31. The molecule has 1 saturated carbocycles. The molecule has 0 N–H and O–H groups in total. The van der Waals surface area contributed by atoms with Crippen LogP contribution in [0.2, 0.25) is 0 Å². The SMILES string of the molecule is FC(F)(F)c1ccccc1C1CC2(CCC2)c2ccccc21. The summed E-state index contributed by atoms with van der Waals surface area (Å²) in [5, 5.41) is 0. The second-order valence-corrected chi connectivity index (χ2v) is 6.56. The van der Waals surface area contributed by atoms with Crippen LogP contribution in [0.3, 0.4) is 0 Å². The number of halogens is 3. The molecule has 0 amide bonds. The van der Waals surface area contributed by atoms with Gasteiger partial charge in [-0.2, -0.15) is 13.2 Å². The zero-order chi connectivity index (χ0) is 15.4. The quantitative estimate of drug-likeness (QED) is 0.637. The third-order valence-electron chi connectivity index (χ3n) is 5.45.